The molecule has 0 spiro atoms. The van der Waals surface area contributed by atoms with Crippen molar-refractivity contribution in [2.75, 3.05) is 0 Å². The van der Waals surface area contributed by atoms with E-state index < -0.39 is 0 Å². The highest BCUT2D eigenvalue weighted by molar-refractivity contribution is 6.36. The Bertz CT molecular complexity index is 608. The molecule has 0 atom stereocenters. The summed E-state index contributed by atoms with van der Waals surface area (Å²) in [6, 6.07) is 12.5. The Morgan fingerprint density at radius 1 is 0.900 bits per heavy atom. The van der Waals surface area contributed by atoms with Crippen LogP contribution >= 0.6 is 34.8 Å². The van der Waals surface area contributed by atoms with Gasteiger partial charge in [-0.2, -0.15) is 0 Å². The molecule has 2 aromatic rings. The number of benzene rings is 2. The molecule has 0 aliphatic heterocycles. The van der Waals surface area contributed by atoms with Gasteiger partial charge in [-0.15, -0.1) is 0 Å². The standard InChI is InChI=1S/C15H12Cl3NO/c16-12-5-2-1-4-10(12)9-19-15(20)8-11-13(17)6-3-7-14(11)18/h1-7H,8-9H2,(H,19,20). The maximum Gasteiger partial charge on any atom is 0.224 e. The molecule has 0 bridgehead atoms. The predicted molar refractivity (Wildman–Crippen MR) is 83.5 cm³/mol. The second-order valence-electron chi connectivity index (χ2n) is 4.25. The summed E-state index contributed by atoms with van der Waals surface area (Å²) in [5, 5.41) is 4.41. The molecule has 5 heteroatoms. The van der Waals surface area contributed by atoms with Crippen LogP contribution in [0, 0.1) is 0 Å². The molecule has 2 nitrogen and oxygen atoms in total. The van der Waals surface area contributed by atoms with E-state index in [1.54, 1.807) is 24.3 Å². The van der Waals surface area contributed by atoms with Gasteiger partial charge in [-0.1, -0.05) is 59.1 Å². The maximum absolute atomic E-state index is 11.9. The van der Waals surface area contributed by atoms with Gasteiger partial charge in [-0.05, 0) is 29.3 Å². The first-order valence-electron chi connectivity index (χ1n) is 6.01. The van der Waals surface area contributed by atoms with Crippen LogP contribution in [0.15, 0.2) is 42.5 Å². The number of carbonyl (C=O) groups excluding carboxylic acids is 1. The lowest BCUT2D eigenvalue weighted by Crippen LogP contribution is -2.24. The smallest absolute Gasteiger partial charge is 0.224 e. The van der Waals surface area contributed by atoms with Gasteiger partial charge in [0.2, 0.25) is 5.91 Å². The molecule has 0 heterocycles. The highest BCUT2D eigenvalue weighted by Gasteiger charge is 2.11. The molecule has 0 fully saturated rings. The minimum atomic E-state index is -0.153. The average Bonchev–Trinajstić information content (AvgIpc) is 2.42. The third-order valence-electron chi connectivity index (χ3n) is 2.83. The van der Waals surface area contributed by atoms with Gasteiger partial charge in [0.1, 0.15) is 0 Å². The predicted octanol–water partition coefficient (Wildman–Crippen LogP) is 4.51. The van der Waals surface area contributed by atoms with Gasteiger partial charge >= 0.3 is 0 Å². The van der Waals surface area contributed by atoms with E-state index in [0.717, 1.165) is 5.56 Å². The zero-order valence-corrected chi connectivity index (χ0v) is 12.8. The molecular weight excluding hydrogens is 317 g/mol. The van der Waals surface area contributed by atoms with Gasteiger partial charge in [0, 0.05) is 21.6 Å². The number of carbonyl (C=O) groups is 1. The molecule has 104 valence electrons. The van der Waals surface area contributed by atoms with Crippen molar-refractivity contribution in [3.8, 4) is 0 Å². The van der Waals surface area contributed by atoms with E-state index in [1.165, 1.54) is 0 Å². The van der Waals surface area contributed by atoms with Crippen molar-refractivity contribution in [1.82, 2.24) is 5.32 Å². The zero-order valence-electron chi connectivity index (χ0n) is 10.5. The van der Waals surface area contributed by atoms with Crippen molar-refractivity contribution in [1.29, 1.82) is 0 Å². The fourth-order valence-corrected chi connectivity index (χ4v) is 2.49. The summed E-state index contributed by atoms with van der Waals surface area (Å²) in [5.74, 6) is -0.153. The summed E-state index contributed by atoms with van der Waals surface area (Å²) in [6.45, 7) is 0.376. The number of amides is 1. The minimum absolute atomic E-state index is 0.142. The van der Waals surface area contributed by atoms with Crippen LogP contribution in [0.2, 0.25) is 15.1 Å². The highest BCUT2D eigenvalue weighted by Crippen LogP contribution is 2.24. The molecule has 2 aromatic carbocycles. The van der Waals surface area contributed by atoms with Gasteiger partial charge in [0.15, 0.2) is 0 Å². The van der Waals surface area contributed by atoms with Crippen molar-refractivity contribution in [3.63, 3.8) is 0 Å². The quantitative estimate of drug-likeness (QED) is 0.879. The Hall–Kier alpha value is -1.22. The first-order valence-corrected chi connectivity index (χ1v) is 7.14. The van der Waals surface area contributed by atoms with Crippen molar-refractivity contribution in [3.05, 3.63) is 68.7 Å². The van der Waals surface area contributed by atoms with Gasteiger partial charge in [0.25, 0.3) is 0 Å². The van der Waals surface area contributed by atoms with Crippen LogP contribution in [0.5, 0.6) is 0 Å². The summed E-state index contributed by atoms with van der Waals surface area (Å²) in [6.07, 6.45) is 0.142. The summed E-state index contributed by atoms with van der Waals surface area (Å²) in [5.41, 5.74) is 1.50. The molecule has 1 N–H and O–H groups in total. The molecule has 0 aliphatic carbocycles. The molecule has 0 radical (unpaired) electrons. The second kappa shape index (κ2) is 6.98. The topological polar surface area (TPSA) is 29.1 Å². The lowest BCUT2D eigenvalue weighted by molar-refractivity contribution is -0.120. The van der Waals surface area contributed by atoms with Crippen LogP contribution in [0.4, 0.5) is 0 Å². The first-order chi connectivity index (χ1) is 9.58. The third kappa shape index (κ3) is 3.89. The number of hydrogen-bond acceptors (Lipinski definition) is 1. The van der Waals surface area contributed by atoms with Crippen LogP contribution in [-0.4, -0.2) is 5.91 Å². The van der Waals surface area contributed by atoms with Gasteiger partial charge in [-0.3, -0.25) is 4.79 Å². The maximum atomic E-state index is 11.9. The van der Waals surface area contributed by atoms with E-state index in [1.807, 2.05) is 18.2 Å². The fraction of sp³-hybridized carbons (Fsp3) is 0.133. The molecular formula is C15H12Cl3NO. The van der Waals surface area contributed by atoms with E-state index in [2.05, 4.69) is 5.32 Å². The molecule has 1 amide bonds. The first kappa shape index (κ1) is 15.2. The zero-order chi connectivity index (χ0) is 14.5. The largest absolute Gasteiger partial charge is 0.352 e. The second-order valence-corrected chi connectivity index (χ2v) is 5.47. The normalized spacial score (nSPS) is 10.3. The molecule has 20 heavy (non-hydrogen) atoms. The summed E-state index contributed by atoms with van der Waals surface area (Å²) in [4.78, 5) is 11.9. The number of rotatable bonds is 4. The lowest BCUT2D eigenvalue weighted by atomic mass is 10.1. The Morgan fingerprint density at radius 2 is 1.50 bits per heavy atom. The van der Waals surface area contributed by atoms with Crippen LogP contribution in [0.1, 0.15) is 11.1 Å². The van der Waals surface area contributed by atoms with Crippen LogP contribution in [0.3, 0.4) is 0 Å². The number of hydrogen-bond donors (Lipinski definition) is 1. The number of nitrogens with one attached hydrogen (secondary N) is 1. The van der Waals surface area contributed by atoms with E-state index in [4.69, 9.17) is 34.8 Å². The molecule has 0 aromatic heterocycles. The Morgan fingerprint density at radius 3 is 2.15 bits per heavy atom. The summed E-state index contributed by atoms with van der Waals surface area (Å²) in [7, 11) is 0. The SMILES string of the molecule is O=C(Cc1c(Cl)cccc1Cl)NCc1ccccc1Cl. The highest BCUT2D eigenvalue weighted by atomic mass is 35.5. The van der Waals surface area contributed by atoms with E-state index in [9.17, 15) is 4.79 Å². The van der Waals surface area contributed by atoms with Crippen molar-refractivity contribution < 1.29 is 4.79 Å². The fourth-order valence-electron chi connectivity index (χ4n) is 1.76. The summed E-state index contributed by atoms with van der Waals surface area (Å²) < 4.78 is 0. The van der Waals surface area contributed by atoms with Crippen molar-refractivity contribution in [2.45, 2.75) is 13.0 Å². The molecule has 0 saturated heterocycles. The van der Waals surface area contributed by atoms with E-state index in [0.29, 0.717) is 27.2 Å². The van der Waals surface area contributed by atoms with Gasteiger partial charge in [0.05, 0.1) is 6.42 Å². The monoisotopic (exact) mass is 327 g/mol. The third-order valence-corrected chi connectivity index (χ3v) is 3.91. The Labute approximate surface area is 132 Å². The van der Waals surface area contributed by atoms with E-state index >= 15 is 0 Å². The average molecular weight is 329 g/mol. The molecule has 0 aliphatic rings. The molecule has 0 unspecified atom stereocenters. The van der Waals surface area contributed by atoms with Crippen LogP contribution in [-0.2, 0) is 17.8 Å². The Balaban J connectivity index is 1.98. The van der Waals surface area contributed by atoms with Crippen LogP contribution in [0.25, 0.3) is 0 Å². The van der Waals surface area contributed by atoms with Crippen molar-refractivity contribution in [2.24, 2.45) is 0 Å². The van der Waals surface area contributed by atoms with Gasteiger partial charge < -0.3 is 5.32 Å². The summed E-state index contributed by atoms with van der Waals surface area (Å²) >= 11 is 18.1. The number of halogens is 3. The van der Waals surface area contributed by atoms with Crippen molar-refractivity contribution >= 4 is 40.7 Å². The molecule has 2 rings (SSSR count). The van der Waals surface area contributed by atoms with Gasteiger partial charge in [-0.25, -0.2) is 0 Å². The lowest BCUT2D eigenvalue weighted by Gasteiger charge is -2.09. The van der Waals surface area contributed by atoms with E-state index in [-0.39, 0.29) is 12.3 Å². The van der Waals surface area contributed by atoms with Crippen LogP contribution < -0.4 is 5.32 Å². The minimum Gasteiger partial charge on any atom is -0.352 e. The molecule has 0 saturated carbocycles. The Kier molecular flexibility index (Phi) is 5.30.